The van der Waals surface area contributed by atoms with Crippen molar-refractivity contribution < 1.29 is 8.42 Å². The molecule has 0 fully saturated rings. The topological polar surface area (TPSA) is 77.5 Å². The van der Waals surface area contributed by atoms with E-state index in [1.807, 2.05) is 0 Å². The van der Waals surface area contributed by atoms with Crippen LogP contribution in [0.2, 0.25) is 0 Å². The third-order valence-corrected chi connectivity index (χ3v) is 2.86. The smallest absolute Gasteiger partial charge is 0.254 e. The van der Waals surface area contributed by atoms with Crippen molar-refractivity contribution in [2.24, 2.45) is 5.14 Å². The van der Waals surface area contributed by atoms with Gasteiger partial charge in [-0.25, -0.2) is 18.5 Å². The highest BCUT2D eigenvalue weighted by Crippen LogP contribution is 2.13. The maximum Gasteiger partial charge on any atom is 0.254 e. The van der Waals surface area contributed by atoms with Crippen LogP contribution < -0.4 is 5.14 Å². The normalized spacial score (nSPS) is 11.3. The molecule has 82 valence electrons. The predicted octanol–water partition coefficient (Wildman–Crippen LogP) is 0.868. The highest BCUT2D eigenvalue weighted by molar-refractivity contribution is 8.93. The zero-order valence-corrected chi connectivity index (χ0v) is 10.4. The average molecular weight is 292 g/mol. The van der Waals surface area contributed by atoms with Crippen LogP contribution in [0.25, 0.3) is 5.65 Å². The summed E-state index contributed by atoms with van der Waals surface area (Å²) in [6.45, 7) is 1.77. The first kappa shape index (κ1) is 12.2. The van der Waals surface area contributed by atoms with Gasteiger partial charge in [-0.15, -0.1) is 17.0 Å². The van der Waals surface area contributed by atoms with Gasteiger partial charge in [0.2, 0.25) is 0 Å². The van der Waals surface area contributed by atoms with Crippen molar-refractivity contribution >= 4 is 32.7 Å². The zero-order valence-electron chi connectivity index (χ0n) is 7.91. The van der Waals surface area contributed by atoms with Crippen LogP contribution in [0.4, 0.5) is 0 Å². The second-order valence-electron chi connectivity index (χ2n) is 3.00. The van der Waals surface area contributed by atoms with E-state index in [0.717, 1.165) is 5.69 Å². The molecule has 7 heteroatoms. The molecule has 2 N–H and O–H groups in total. The molecular formula is C8H10BrN3O2S. The molecule has 0 aliphatic heterocycles. The van der Waals surface area contributed by atoms with Crippen molar-refractivity contribution in [1.29, 1.82) is 0 Å². The van der Waals surface area contributed by atoms with Crippen molar-refractivity contribution in [2.75, 3.05) is 0 Å². The minimum atomic E-state index is -3.70. The molecule has 0 radical (unpaired) electrons. The number of nitrogens with zero attached hydrogens (tertiary/aromatic N) is 2. The van der Waals surface area contributed by atoms with Crippen LogP contribution in [0.1, 0.15) is 5.69 Å². The van der Waals surface area contributed by atoms with Gasteiger partial charge in [0.1, 0.15) is 5.65 Å². The zero-order chi connectivity index (χ0) is 10.3. The van der Waals surface area contributed by atoms with Gasteiger partial charge in [-0.05, 0) is 19.1 Å². The Morgan fingerprint density at radius 2 is 2.07 bits per heavy atom. The lowest BCUT2D eigenvalue weighted by molar-refractivity contribution is 0.592. The summed E-state index contributed by atoms with van der Waals surface area (Å²) >= 11 is 0. The number of aromatic nitrogens is 2. The third-order valence-electron chi connectivity index (χ3n) is 1.96. The fourth-order valence-corrected chi connectivity index (χ4v) is 2.13. The molecule has 0 spiro atoms. The Labute approximate surface area is 97.7 Å². The van der Waals surface area contributed by atoms with Crippen LogP contribution in [0.15, 0.2) is 29.4 Å². The average Bonchev–Trinajstić information content (AvgIpc) is 2.46. The molecule has 0 unspecified atom stereocenters. The van der Waals surface area contributed by atoms with E-state index in [4.69, 9.17) is 5.14 Å². The maximum absolute atomic E-state index is 11.2. The van der Waals surface area contributed by atoms with Crippen molar-refractivity contribution in [3.63, 3.8) is 0 Å². The number of halogens is 1. The molecule has 0 aliphatic rings. The first-order valence-electron chi connectivity index (χ1n) is 3.96. The highest BCUT2D eigenvalue weighted by Gasteiger charge is 2.13. The molecule has 2 heterocycles. The van der Waals surface area contributed by atoms with Crippen molar-refractivity contribution in [3.8, 4) is 0 Å². The summed E-state index contributed by atoms with van der Waals surface area (Å²) in [5.74, 6) is 0. The van der Waals surface area contributed by atoms with Crippen molar-refractivity contribution in [2.45, 2.75) is 11.9 Å². The first-order chi connectivity index (χ1) is 6.50. The third kappa shape index (κ3) is 2.04. The van der Waals surface area contributed by atoms with Crippen LogP contribution >= 0.6 is 17.0 Å². The monoisotopic (exact) mass is 291 g/mol. The number of nitrogens with two attached hydrogens (primary N) is 1. The van der Waals surface area contributed by atoms with E-state index in [2.05, 4.69) is 4.98 Å². The van der Waals surface area contributed by atoms with Crippen LogP contribution in [0.5, 0.6) is 0 Å². The molecule has 2 aromatic heterocycles. The fraction of sp³-hybridized carbons (Fsp3) is 0.125. The maximum atomic E-state index is 11.2. The predicted molar refractivity (Wildman–Crippen MR) is 61.6 cm³/mol. The summed E-state index contributed by atoms with van der Waals surface area (Å²) in [7, 11) is -3.70. The van der Waals surface area contributed by atoms with E-state index in [1.165, 1.54) is 10.5 Å². The lowest BCUT2D eigenvalue weighted by Gasteiger charge is -2.03. The number of primary sulfonamides is 1. The number of imidazole rings is 1. The summed E-state index contributed by atoms with van der Waals surface area (Å²) in [4.78, 5) is 4.04. The SMILES string of the molecule is Br.Cc1cnc2cccc(S(N)(=O)=O)n12. The van der Waals surface area contributed by atoms with Gasteiger partial charge in [-0.2, -0.15) is 0 Å². The molecule has 0 aromatic carbocycles. The summed E-state index contributed by atoms with van der Waals surface area (Å²) < 4.78 is 24.0. The molecule has 5 nitrogen and oxygen atoms in total. The van der Waals surface area contributed by atoms with E-state index in [-0.39, 0.29) is 22.0 Å². The van der Waals surface area contributed by atoms with Gasteiger partial charge < -0.3 is 0 Å². The van der Waals surface area contributed by atoms with Gasteiger partial charge in [0.15, 0.2) is 5.03 Å². The summed E-state index contributed by atoms with van der Waals surface area (Å²) in [5.41, 5.74) is 1.32. The Kier molecular flexibility index (Phi) is 3.17. The van der Waals surface area contributed by atoms with Gasteiger partial charge in [0.25, 0.3) is 10.0 Å². The number of rotatable bonds is 1. The number of pyridine rings is 1. The molecule has 0 atom stereocenters. The van der Waals surface area contributed by atoms with Crippen molar-refractivity contribution in [3.05, 3.63) is 30.1 Å². The quantitative estimate of drug-likeness (QED) is 0.847. The second kappa shape index (κ2) is 3.92. The van der Waals surface area contributed by atoms with E-state index < -0.39 is 10.0 Å². The van der Waals surface area contributed by atoms with Crippen LogP contribution in [-0.4, -0.2) is 17.8 Å². The van der Waals surface area contributed by atoms with Crippen LogP contribution in [0.3, 0.4) is 0 Å². The minimum absolute atomic E-state index is 0. The van der Waals surface area contributed by atoms with Crippen LogP contribution in [-0.2, 0) is 10.0 Å². The standard InChI is InChI=1S/C8H9N3O2S.BrH/c1-6-5-10-7-3-2-4-8(11(6)7)14(9,12)13;/h2-5H,1H3,(H2,9,12,13);1H. The molecule has 0 aliphatic carbocycles. The highest BCUT2D eigenvalue weighted by atomic mass is 79.9. The molecule has 0 bridgehead atoms. The van der Waals surface area contributed by atoms with Gasteiger partial charge in [-0.1, -0.05) is 6.07 Å². The second-order valence-corrected chi connectivity index (χ2v) is 4.51. The molecule has 15 heavy (non-hydrogen) atoms. The summed E-state index contributed by atoms with van der Waals surface area (Å²) in [5, 5.41) is 5.13. The summed E-state index contributed by atoms with van der Waals surface area (Å²) in [6.07, 6.45) is 1.60. The molecule has 0 saturated heterocycles. The molecule has 2 aromatic rings. The van der Waals surface area contributed by atoms with Gasteiger partial charge >= 0.3 is 0 Å². The molecule has 2 rings (SSSR count). The van der Waals surface area contributed by atoms with Crippen molar-refractivity contribution in [1.82, 2.24) is 9.38 Å². The molecule has 0 amide bonds. The number of aryl methyl sites for hydroxylation is 1. The Bertz CT molecular complexity index is 591. The van der Waals surface area contributed by atoms with Gasteiger partial charge in [0, 0.05) is 11.9 Å². The van der Waals surface area contributed by atoms with E-state index in [9.17, 15) is 8.42 Å². The first-order valence-corrected chi connectivity index (χ1v) is 5.50. The summed E-state index contributed by atoms with van der Waals surface area (Å²) in [6, 6.07) is 4.79. The van der Waals surface area contributed by atoms with Gasteiger partial charge in [0.05, 0.1) is 0 Å². The Morgan fingerprint density at radius 3 is 2.67 bits per heavy atom. The Morgan fingerprint density at radius 1 is 1.40 bits per heavy atom. The van der Waals surface area contributed by atoms with Gasteiger partial charge in [-0.3, -0.25) is 4.40 Å². The number of hydrogen-bond acceptors (Lipinski definition) is 3. The lowest BCUT2D eigenvalue weighted by atomic mass is 10.4. The molecular weight excluding hydrogens is 282 g/mol. The van der Waals surface area contributed by atoms with E-state index in [0.29, 0.717) is 5.65 Å². The Balaban J connectivity index is 0.00000112. The van der Waals surface area contributed by atoms with E-state index in [1.54, 1.807) is 25.3 Å². The minimum Gasteiger partial charge on any atom is -0.286 e. The number of hydrogen-bond donors (Lipinski definition) is 1. The largest absolute Gasteiger partial charge is 0.286 e. The number of sulfonamides is 1. The molecule has 0 saturated carbocycles. The Hall–Kier alpha value is -0.920. The lowest BCUT2D eigenvalue weighted by Crippen LogP contribution is -2.16. The van der Waals surface area contributed by atoms with Crippen LogP contribution in [0, 0.1) is 6.92 Å². The number of fused-ring (bicyclic) bond motifs is 1. The fourth-order valence-electron chi connectivity index (χ4n) is 1.37. The van der Waals surface area contributed by atoms with E-state index >= 15 is 0 Å².